The van der Waals surface area contributed by atoms with Crippen LogP contribution in [0, 0.1) is 0 Å². The number of ether oxygens (including phenoxy) is 4. The van der Waals surface area contributed by atoms with Crippen molar-refractivity contribution in [1.29, 1.82) is 0 Å². The molecule has 1 heterocycles. The minimum atomic E-state index is 0.0535. The molecular weight excluding hydrogens is 1070 g/mol. The summed E-state index contributed by atoms with van der Waals surface area (Å²) in [6, 6.07) is 33.8. The average Bonchev–Trinajstić information content (AvgIpc) is 3.44. The third-order valence-corrected chi connectivity index (χ3v) is 13.4. The lowest BCUT2D eigenvalue weighted by molar-refractivity contribution is 0.0541. The summed E-state index contributed by atoms with van der Waals surface area (Å²) in [6.07, 6.45) is 7.78. The third-order valence-electron chi connectivity index (χ3n) is 12.6. The normalized spacial score (nSPS) is 16.1. The Labute approximate surface area is 476 Å². The lowest BCUT2D eigenvalue weighted by Gasteiger charge is -2.24. The standard InChI is InChI=1S/C60H66Cl4N6O8/c61-53-27-45-35-65-13-19-75-23-25-77-21-15-67-37-47-29-55(63)33-51(59(47)73)41-70(18-12-44-9-5-2-6-10-44)42-52-34-56(64)30-48(60(52)74)38-68-16-22-78-26-24-76-20-14-66-36-46-28-54(62)32-50(58(46)72)40-69(39-49(31-53)57(45)71)17-11-43-7-3-1-4-8-43/h1-10,27-38,71-74H,11-26,39-42H2. The molecule has 1 aliphatic heterocycles. The molecule has 0 unspecified atom stereocenters. The number of halogens is 4. The van der Waals surface area contributed by atoms with Crippen molar-refractivity contribution in [3.8, 4) is 23.0 Å². The van der Waals surface area contributed by atoms with Gasteiger partial charge in [0.25, 0.3) is 0 Å². The maximum Gasteiger partial charge on any atom is 0.128 e. The van der Waals surface area contributed by atoms with Gasteiger partial charge in [-0.15, -0.1) is 0 Å². The minimum absolute atomic E-state index is 0.0535. The SMILES string of the molecule is Oc1c2cc(Cl)cc1CN(CCc1ccccc1)Cc1cc(Cl)cc(c1O)C=NCCOCCOCCN=Cc1cc(Cl)cc(c1O)CN(CCc1ccccc1)Cc1cc(Cl)cc(c1O)C=NCCOCCOCCN=C2. The van der Waals surface area contributed by atoms with E-state index in [0.29, 0.717) is 196 Å². The van der Waals surface area contributed by atoms with Crippen LogP contribution in [0.25, 0.3) is 0 Å². The fourth-order valence-corrected chi connectivity index (χ4v) is 9.61. The molecule has 1 aliphatic rings. The number of phenolic OH excluding ortho intramolecular Hbond substituents is 4. The van der Waals surface area contributed by atoms with Crippen molar-refractivity contribution in [2.45, 2.75) is 39.0 Å². The van der Waals surface area contributed by atoms with Crippen LogP contribution in [0.1, 0.15) is 55.6 Å². The van der Waals surface area contributed by atoms with Gasteiger partial charge in [0.05, 0.1) is 79.0 Å². The number of hydrogen-bond acceptors (Lipinski definition) is 14. The van der Waals surface area contributed by atoms with Gasteiger partial charge in [0, 0.05) is 129 Å². The average molecular weight is 1140 g/mol. The zero-order valence-corrected chi connectivity index (χ0v) is 46.5. The second-order valence-corrected chi connectivity index (χ2v) is 20.2. The zero-order valence-electron chi connectivity index (χ0n) is 43.5. The number of nitrogens with zero attached hydrogens (tertiary/aromatic N) is 6. The van der Waals surface area contributed by atoms with E-state index in [1.54, 1.807) is 73.4 Å². The van der Waals surface area contributed by atoms with Gasteiger partial charge in [-0.1, -0.05) is 107 Å². The van der Waals surface area contributed by atoms with Crippen LogP contribution in [0.3, 0.4) is 0 Å². The van der Waals surface area contributed by atoms with Crippen LogP contribution in [-0.2, 0) is 58.0 Å². The highest BCUT2D eigenvalue weighted by atomic mass is 35.5. The molecule has 0 aliphatic carbocycles. The van der Waals surface area contributed by atoms with E-state index >= 15 is 0 Å². The zero-order chi connectivity index (χ0) is 54.9. The monoisotopic (exact) mass is 1140 g/mol. The molecule has 14 nitrogen and oxygen atoms in total. The van der Waals surface area contributed by atoms with Crippen LogP contribution >= 0.6 is 46.4 Å². The van der Waals surface area contributed by atoms with Crippen molar-refractivity contribution in [2.75, 3.05) is 92.1 Å². The van der Waals surface area contributed by atoms with Crippen molar-refractivity contribution < 1.29 is 39.4 Å². The summed E-state index contributed by atoms with van der Waals surface area (Å²) in [5.74, 6) is 0.214. The number of rotatable bonds is 6. The molecule has 4 N–H and O–H groups in total. The van der Waals surface area contributed by atoms with Crippen LogP contribution in [0.2, 0.25) is 20.1 Å². The Hall–Kier alpha value is -5.88. The molecule has 8 bridgehead atoms. The fraction of sp³-hybridized carbons (Fsp3) is 0.333. The second kappa shape index (κ2) is 32.3. The summed E-state index contributed by atoms with van der Waals surface area (Å²) in [5, 5.41) is 47.8. The van der Waals surface area contributed by atoms with Crippen LogP contribution in [0.4, 0.5) is 0 Å². The van der Waals surface area contributed by atoms with Crippen molar-refractivity contribution in [3.05, 3.63) is 185 Å². The molecule has 6 aromatic rings. The molecule has 0 fully saturated rings. The van der Waals surface area contributed by atoms with Gasteiger partial charge in [0.1, 0.15) is 23.0 Å². The van der Waals surface area contributed by atoms with E-state index in [-0.39, 0.29) is 23.0 Å². The first kappa shape index (κ1) is 59.8. The third kappa shape index (κ3) is 19.8. The van der Waals surface area contributed by atoms with Crippen molar-refractivity contribution in [1.82, 2.24) is 9.80 Å². The number of phenols is 4. The summed E-state index contributed by atoms with van der Waals surface area (Å²) in [5.41, 5.74) is 6.55. The molecule has 0 atom stereocenters. The Morgan fingerprint density at radius 2 is 0.615 bits per heavy atom. The van der Waals surface area contributed by atoms with Gasteiger partial charge in [-0.25, -0.2) is 0 Å². The molecule has 0 amide bonds. The van der Waals surface area contributed by atoms with Gasteiger partial charge in [0.2, 0.25) is 0 Å². The fourth-order valence-electron chi connectivity index (χ4n) is 8.61. The van der Waals surface area contributed by atoms with Gasteiger partial charge >= 0.3 is 0 Å². The number of fused-ring (bicyclic) bond motifs is 8. The predicted octanol–water partition coefficient (Wildman–Crippen LogP) is 11.1. The summed E-state index contributed by atoms with van der Waals surface area (Å²) in [7, 11) is 0. The maximum absolute atomic E-state index is 11.5. The molecule has 0 spiro atoms. The van der Waals surface area contributed by atoms with Gasteiger partial charge in [0.15, 0.2) is 0 Å². The van der Waals surface area contributed by atoms with Gasteiger partial charge in [-0.3, -0.25) is 29.8 Å². The Kier molecular flexibility index (Phi) is 24.7. The van der Waals surface area contributed by atoms with Crippen LogP contribution in [0.5, 0.6) is 23.0 Å². The quantitative estimate of drug-likeness (QED) is 0.126. The van der Waals surface area contributed by atoms with Crippen molar-refractivity contribution in [2.24, 2.45) is 20.0 Å². The first-order valence-electron chi connectivity index (χ1n) is 25.9. The molecular formula is C60H66Cl4N6O8. The molecule has 6 aromatic carbocycles. The summed E-state index contributed by atoms with van der Waals surface area (Å²) in [4.78, 5) is 22.2. The van der Waals surface area contributed by atoms with E-state index in [2.05, 4.69) is 54.0 Å². The van der Waals surface area contributed by atoms with Crippen LogP contribution in [0.15, 0.2) is 129 Å². The first-order chi connectivity index (χ1) is 38.0. The maximum atomic E-state index is 11.5. The van der Waals surface area contributed by atoms with Gasteiger partial charge in [-0.2, -0.15) is 0 Å². The number of aliphatic imine (C=N–C) groups is 4. The highest BCUT2D eigenvalue weighted by molar-refractivity contribution is 6.32. The van der Waals surface area contributed by atoms with Crippen LogP contribution < -0.4 is 0 Å². The van der Waals surface area contributed by atoms with E-state index in [0.717, 1.165) is 11.1 Å². The molecule has 7 rings (SSSR count). The predicted molar refractivity (Wildman–Crippen MR) is 314 cm³/mol. The smallest absolute Gasteiger partial charge is 0.128 e. The van der Waals surface area contributed by atoms with Crippen molar-refractivity contribution >= 4 is 71.3 Å². The number of aromatic hydroxyl groups is 4. The van der Waals surface area contributed by atoms with Crippen molar-refractivity contribution in [3.63, 3.8) is 0 Å². The number of hydrogen-bond donors (Lipinski definition) is 4. The summed E-state index contributed by atoms with van der Waals surface area (Å²) in [6.45, 7) is 6.46. The highest BCUT2D eigenvalue weighted by Gasteiger charge is 2.20. The minimum Gasteiger partial charge on any atom is -0.507 e. The summed E-state index contributed by atoms with van der Waals surface area (Å²) < 4.78 is 23.0. The summed E-state index contributed by atoms with van der Waals surface area (Å²) >= 11 is 26.5. The Bertz CT molecular complexity index is 2610. The number of benzene rings is 6. The molecule has 412 valence electrons. The molecule has 78 heavy (non-hydrogen) atoms. The Morgan fingerprint density at radius 1 is 0.359 bits per heavy atom. The van der Waals surface area contributed by atoms with E-state index in [4.69, 9.17) is 65.4 Å². The topological polar surface area (TPSA) is 174 Å². The van der Waals surface area contributed by atoms with Gasteiger partial charge < -0.3 is 39.4 Å². The van der Waals surface area contributed by atoms with E-state index < -0.39 is 0 Å². The molecule has 0 aromatic heterocycles. The second-order valence-electron chi connectivity index (χ2n) is 18.5. The highest BCUT2D eigenvalue weighted by Crippen LogP contribution is 2.33. The molecule has 0 saturated heterocycles. The van der Waals surface area contributed by atoms with Crippen LogP contribution in [-0.4, -0.2) is 147 Å². The first-order valence-corrected chi connectivity index (χ1v) is 27.4. The largest absolute Gasteiger partial charge is 0.507 e. The van der Waals surface area contributed by atoms with E-state index in [9.17, 15) is 20.4 Å². The molecule has 0 saturated carbocycles. The van der Waals surface area contributed by atoms with E-state index in [1.807, 2.05) is 36.4 Å². The molecule has 0 radical (unpaired) electrons. The van der Waals surface area contributed by atoms with E-state index in [1.165, 1.54) is 0 Å². The lowest BCUT2D eigenvalue weighted by Crippen LogP contribution is -2.25. The Morgan fingerprint density at radius 3 is 0.872 bits per heavy atom. The molecule has 18 heteroatoms. The lowest BCUT2D eigenvalue weighted by atomic mass is 10.1. The van der Waals surface area contributed by atoms with Gasteiger partial charge in [-0.05, 0) is 72.5 Å². The Balaban J connectivity index is 1.04.